The van der Waals surface area contributed by atoms with Crippen LogP contribution in [-0.4, -0.2) is 22.0 Å². The second kappa shape index (κ2) is 4.70. The number of furan rings is 1. The first-order valence-electron chi connectivity index (χ1n) is 5.13. The molecule has 0 saturated carbocycles. The summed E-state index contributed by atoms with van der Waals surface area (Å²) < 4.78 is 5.19. The van der Waals surface area contributed by atoms with E-state index < -0.39 is 11.9 Å². The summed E-state index contributed by atoms with van der Waals surface area (Å²) >= 11 is 0. The fraction of sp³-hybridized carbons (Fsp3) is 0.0833. The molecule has 2 rings (SSSR count). The maximum Gasteiger partial charge on any atom is 0.354 e. The minimum absolute atomic E-state index is 0.182. The number of amides is 1. The highest BCUT2D eigenvalue weighted by atomic mass is 16.4. The van der Waals surface area contributed by atoms with Crippen LogP contribution in [0.15, 0.2) is 34.9 Å². The molecule has 0 unspecified atom stereocenters. The zero-order valence-electron chi connectivity index (χ0n) is 9.51. The summed E-state index contributed by atoms with van der Waals surface area (Å²) in [6.45, 7) is 1.75. The SMILES string of the molecule is Cc1ccc(NC(=O)c2ccnc(C(=O)O)c2)o1. The minimum atomic E-state index is -1.18. The topological polar surface area (TPSA) is 92.4 Å². The summed E-state index contributed by atoms with van der Waals surface area (Å²) in [6, 6.07) is 5.96. The third kappa shape index (κ3) is 2.54. The zero-order valence-corrected chi connectivity index (χ0v) is 9.51. The van der Waals surface area contributed by atoms with Gasteiger partial charge in [0.25, 0.3) is 5.91 Å². The lowest BCUT2D eigenvalue weighted by molar-refractivity contribution is 0.0690. The molecule has 0 bridgehead atoms. The summed E-state index contributed by atoms with van der Waals surface area (Å²) in [7, 11) is 0. The molecule has 92 valence electrons. The first-order chi connectivity index (χ1) is 8.56. The van der Waals surface area contributed by atoms with Crippen LogP contribution in [0.2, 0.25) is 0 Å². The Kier molecular flexibility index (Phi) is 3.09. The van der Waals surface area contributed by atoms with E-state index in [-0.39, 0.29) is 11.3 Å². The monoisotopic (exact) mass is 246 g/mol. The summed E-state index contributed by atoms with van der Waals surface area (Å²) in [5.41, 5.74) is 0.0229. The summed E-state index contributed by atoms with van der Waals surface area (Å²) in [4.78, 5) is 26.2. The number of hydrogen-bond acceptors (Lipinski definition) is 4. The quantitative estimate of drug-likeness (QED) is 0.863. The van der Waals surface area contributed by atoms with Crippen molar-refractivity contribution in [1.82, 2.24) is 4.98 Å². The van der Waals surface area contributed by atoms with Crippen molar-refractivity contribution in [3.8, 4) is 0 Å². The van der Waals surface area contributed by atoms with Crippen molar-refractivity contribution in [2.75, 3.05) is 5.32 Å². The lowest BCUT2D eigenvalue weighted by Gasteiger charge is -2.02. The van der Waals surface area contributed by atoms with E-state index in [1.807, 2.05) is 0 Å². The van der Waals surface area contributed by atoms with Gasteiger partial charge in [0.15, 0.2) is 5.88 Å². The van der Waals surface area contributed by atoms with Crippen molar-refractivity contribution >= 4 is 17.8 Å². The van der Waals surface area contributed by atoms with Crippen molar-refractivity contribution in [2.24, 2.45) is 0 Å². The molecular weight excluding hydrogens is 236 g/mol. The molecule has 0 aliphatic heterocycles. The molecule has 2 N–H and O–H groups in total. The molecule has 0 fully saturated rings. The molecular formula is C12H10N2O4. The Morgan fingerprint density at radius 2 is 2.11 bits per heavy atom. The molecule has 18 heavy (non-hydrogen) atoms. The molecule has 0 spiro atoms. The van der Waals surface area contributed by atoms with E-state index >= 15 is 0 Å². The zero-order chi connectivity index (χ0) is 13.1. The Balaban J connectivity index is 2.18. The Morgan fingerprint density at radius 3 is 2.72 bits per heavy atom. The molecule has 2 heterocycles. The number of aryl methyl sites for hydroxylation is 1. The lowest BCUT2D eigenvalue weighted by Crippen LogP contribution is -2.13. The van der Waals surface area contributed by atoms with Crippen LogP contribution >= 0.6 is 0 Å². The number of pyridine rings is 1. The van der Waals surface area contributed by atoms with Crippen LogP contribution in [0.25, 0.3) is 0 Å². The number of aromatic nitrogens is 1. The fourth-order valence-electron chi connectivity index (χ4n) is 1.37. The van der Waals surface area contributed by atoms with Crippen molar-refractivity contribution in [2.45, 2.75) is 6.92 Å². The number of nitrogens with zero attached hydrogens (tertiary/aromatic N) is 1. The molecule has 1 amide bonds. The van der Waals surface area contributed by atoms with Crippen molar-refractivity contribution in [3.63, 3.8) is 0 Å². The highest BCUT2D eigenvalue weighted by molar-refractivity contribution is 6.04. The lowest BCUT2D eigenvalue weighted by atomic mass is 10.2. The Labute approximate surface area is 102 Å². The number of nitrogens with one attached hydrogen (secondary N) is 1. The third-order valence-corrected chi connectivity index (χ3v) is 2.22. The van der Waals surface area contributed by atoms with Gasteiger partial charge in [0.05, 0.1) is 0 Å². The van der Waals surface area contributed by atoms with Crippen LogP contribution < -0.4 is 5.32 Å². The molecule has 0 radical (unpaired) electrons. The van der Waals surface area contributed by atoms with Gasteiger partial charge in [-0.3, -0.25) is 10.1 Å². The number of rotatable bonds is 3. The number of carbonyl (C=O) groups excluding carboxylic acids is 1. The Morgan fingerprint density at radius 1 is 1.33 bits per heavy atom. The van der Waals surface area contributed by atoms with Gasteiger partial charge < -0.3 is 9.52 Å². The summed E-state index contributed by atoms with van der Waals surface area (Å²) in [6.07, 6.45) is 1.27. The fourth-order valence-corrected chi connectivity index (χ4v) is 1.37. The molecule has 6 nitrogen and oxygen atoms in total. The average molecular weight is 246 g/mol. The maximum absolute atomic E-state index is 11.8. The van der Waals surface area contributed by atoms with E-state index in [0.717, 1.165) is 0 Å². The number of carbonyl (C=O) groups is 2. The molecule has 0 aliphatic rings. The maximum atomic E-state index is 11.8. The van der Waals surface area contributed by atoms with E-state index in [1.54, 1.807) is 19.1 Å². The second-order valence-electron chi connectivity index (χ2n) is 3.60. The van der Waals surface area contributed by atoms with Gasteiger partial charge in [-0.2, -0.15) is 0 Å². The van der Waals surface area contributed by atoms with Crippen LogP contribution in [-0.2, 0) is 0 Å². The van der Waals surface area contributed by atoms with E-state index in [0.29, 0.717) is 11.6 Å². The van der Waals surface area contributed by atoms with Crippen molar-refractivity contribution in [3.05, 3.63) is 47.5 Å². The number of hydrogen-bond donors (Lipinski definition) is 2. The van der Waals surface area contributed by atoms with Gasteiger partial charge in [-0.25, -0.2) is 9.78 Å². The molecule has 0 aliphatic carbocycles. The van der Waals surface area contributed by atoms with Gasteiger partial charge in [0.2, 0.25) is 0 Å². The predicted octanol–water partition coefficient (Wildman–Crippen LogP) is 1.93. The molecule has 0 saturated heterocycles. The number of carboxylic acids is 1. The van der Waals surface area contributed by atoms with Gasteiger partial charge in [0, 0.05) is 17.8 Å². The van der Waals surface area contributed by atoms with Crippen LogP contribution in [0, 0.1) is 6.92 Å². The molecule has 0 aromatic carbocycles. The molecule has 6 heteroatoms. The van der Waals surface area contributed by atoms with Gasteiger partial charge in [-0.05, 0) is 25.1 Å². The van der Waals surface area contributed by atoms with E-state index in [9.17, 15) is 9.59 Å². The normalized spacial score (nSPS) is 10.1. The third-order valence-electron chi connectivity index (χ3n) is 2.22. The van der Waals surface area contributed by atoms with Crippen LogP contribution in [0.3, 0.4) is 0 Å². The van der Waals surface area contributed by atoms with Gasteiger partial charge in [0.1, 0.15) is 11.5 Å². The Bertz CT molecular complexity index is 604. The van der Waals surface area contributed by atoms with Gasteiger partial charge in [-0.15, -0.1) is 0 Å². The molecule has 2 aromatic heterocycles. The first-order valence-corrected chi connectivity index (χ1v) is 5.13. The predicted molar refractivity (Wildman–Crippen MR) is 62.6 cm³/mol. The highest BCUT2D eigenvalue weighted by Gasteiger charge is 2.11. The summed E-state index contributed by atoms with van der Waals surface area (Å²) in [5, 5.41) is 11.3. The Hall–Kier alpha value is -2.63. The molecule has 0 atom stereocenters. The highest BCUT2D eigenvalue weighted by Crippen LogP contribution is 2.13. The molecule has 2 aromatic rings. The van der Waals surface area contributed by atoms with Crippen LogP contribution in [0.1, 0.15) is 26.6 Å². The summed E-state index contributed by atoms with van der Waals surface area (Å²) in [5.74, 6) is -0.648. The van der Waals surface area contributed by atoms with E-state index in [1.165, 1.54) is 18.3 Å². The minimum Gasteiger partial charge on any atom is -0.477 e. The van der Waals surface area contributed by atoms with Crippen molar-refractivity contribution in [1.29, 1.82) is 0 Å². The van der Waals surface area contributed by atoms with E-state index in [2.05, 4.69) is 10.3 Å². The van der Waals surface area contributed by atoms with Crippen LogP contribution in [0.4, 0.5) is 5.88 Å². The van der Waals surface area contributed by atoms with E-state index in [4.69, 9.17) is 9.52 Å². The smallest absolute Gasteiger partial charge is 0.354 e. The second-order valence-corrected chi connectivity index (χ2v) is 3.60. The van der Waals surface area contributed by atoms with Crippen LogP contribution in [0.5, 0.6) is 0 Å². The van der Waals surface area contributed by atoms with Crippen molar-refractivity contribution < 1.29 is 19.1 Å². The first kappa shape index (κ1) is 11.8. The standard InChI is InChI=1S/C12H10N2O4/c1-7-2-3-10(18-7)14-11(15)8-4-5-13-9(6-8)12(16)17/h2-6H,1H3,(H,14,15)(H,16,17). The number of aromatic carboxylic acids is 1. The number of carboxylic acid groups (broad SMARTS) is 1. The number of anilines is 1. The average Bonchev–Trinajstić information content (AvgIpc) is 2.75. The van der Waals surface area contributed by atoms with Gasteiger partial charge in [-0.1, -0.05) is 0 Å². The van der Waals surface area contributed by atoms with Gasteiger partial charge >= 0.3 is 5.97 Å². The largest absolute Gasteiger partial charge is 0.477 e.